The van der Waals surface area contributed by atoms with Gasteiger partial charge in [-0.1, -0.05) is 30.3 Å². The lowest BCUT2D eigenvalue weighted by Gasteiger charge is -2.08. The number of aromatic hydroxyl groups is 1. The first-order chi connectivity index (χ1) is 13.6. The van der Waals surface area contributed by atoms with E-state index in [1.54, 1.807) is 18.2 Å². The third kappa shape index (κ3) is 5.57. The zero-order valence-electron chi connectivity index (χ0n) is 15.0. The Kier molecular flexibility index (Phi) is 6.20. The van der Waals surface area contributed by atoms with Gasteiger partial charge in [-0.05, 0) is 52.7 Å². The largest absolute Gasteiger partial charge is 0.508 e. The van der Waals surface area contributed by atoms with Crippen LogP contribution >= 0.6 is 0 Å². The van der Waals surface area contributed by atoms with Crippen LogP contribution in [0.1, 0.15) is 5.56 Å². The number of rotatable bonds is 7. The molecule has 0 aliphatic carbocycles. The van der Waals surface area contributed by atoms with Gasteiger partial charge in [-0.2, -0.15) is 5.10 Å². The number of phenolic OH excluding ortho intramolecular Hbond substituents is 1. The maximum Gasteiger partial charge on any atom is 0.259 e. The SMILES string of the molecule is O=C(COc1ccc2ccccc2c1)NCC(=O)N/N=C\c1ccc(O)cc1. The summed E-state index contributed by atoms with van der Waals surface area (Å²) in [5.74, 6) is -0.147. The number of fused-ring (bicyclic) bond motifs is 1. The Hall–Kier alpha value is -3.87. The van der Waals surface area contributed by atoms with Gasteiger partial charge >= 0.3 is 0 Å². The molecule has 3 N–H and O–H groups in total. The quantitative estimate of drug-likeness (QED) is 0.434. The van der Waals surface area contributed by atoms with Gasteiger partial charge in [0.25, 0.3) is 11.8 Å². The van der Waals surface area contributed by atoms with Crippen molar-refractivity contribution in [2.24, 2.45) is 5.10 Å². The fourth-order valence-corrected chi connectivity index (χ4v) is 2.41. The van der Waals surface area contributed by atoms with Crippen molar-refractivity contribution in [3.8, 4) is 11.5 Å². The number of carbonyl (C=O) groups is 2. The van der Waals surface area contributed by atoms with Crippen LogP contribution in [0.5, 0.6) is 11.5 Å². The predicted octanol–water partition coefficient (Wildman–Crippen LogP) is 2.19. The Bertz CT molecular complexity index is 1000. The summed E-state index contributed by atoms with van der Waals surface area (Å²) in [5, 5.41) is 17.5. The molecule has 0 aromatic heterocycles. The number of ether oxygens (including phenoxy) is 1. The van der Waals surface area contributed by atoms with Gasteiger partial charge in [0, 0.05) is 0 Å². The van der Waals surface area contributed by atoms with Gasteiger partial charge in [-0.3, -0.25) is 9.59 Å². The third-order valence-electron chi connectivity index (χ3n) is 3.83. The molecule has 0 atom stereocenters. The number of hydrogen-bond donors (Lipinski definition) is 3. The van der Waals surface area contributed by atoms with Gasteiger partial charge in [0.1, 0.15) is 11.5 Å². The number of hydrogen-bond acceptors (Lipinski definition) is 5. The number of nitrogens with zero attached hydrogens (tertiary/aromatic N) is 1. The van der Waals surface area contributed by atoms with Crippen LogP contribution in [0.3, 0.4) is 0 Å². The summed E-state index contributed by atoms with van der Waals surface area (Å²) in [5.41, 5.74) is 3.02. The van der Waals surface area contributed by atoms with Gasteiger partial charge in [0.2, 0.25) is 0 Å². The van der Waals surface area contributed by atoms with E-state index in [0.29, 0.717) is 11.3 Å². The Morgan fingerprint density at radius 2 is 1.71 bits per heavy atom. The Balaban J connectivity index is 1.39. The van der Waals surface area contributed by atoms with Crippen molar-refractivity contribution < 1.29 is 19.4 Å². The second kappa shape index (κ2) is 9.18. The molecule has 0 fully saturated rings. The highest BCUT2D eigenvalue weighted by molar-refractivity contribution is 5.87. The van der Waals surface area contributed by atoms with E-state index in [9.17, 15) is 14.7 Å². The summed E-state index contributed by atoms with van der Waals surface area (Å²) in [4.78, 5) is 23.5. The smallest absolute Gasteiger partial charge is 0.259 e. The van der Waals surface area contributed by atoms with E-state index in [1.807, 2.05) is 36.4 Å². The highest BCUT2D eigenvalue weighted by Gasteiger charge is 2.06. The number of nitrogens with one attached hydrogen (secondary N) is 2. The standard InChI is InChI=1S/C21H19N3O4/c25-18-8-5-15(6-9-18)12-23-24-20(26)13-22-21(27)14-28-19-10-7-16-3-1-2-4-17(16)11-19/h1-12,25H,13-14H2,(H,22,27)(H,24,26)/b23-12-. The second-order valence-corrected chi connectivity index (χ2v) is 5.96. The normalized spacial score (nSPS) is 10.7. The molecule has 3 aromatic rings. The van der Waals surface area contributed by atoms with Crippen molar-refractivity contribution in [1.82, 2.24) is 10.7 Å². The minimum atomic E-state index is -0.464. The zero-order valence-corrected chi connectivity index (χ0v) is 15.0. The van der Waals surface area contributed by atoms with Crippen molar-refractivity contribution in [3.63, 3.8) is 0 Å². The van der Waals surface area contributed by atoms with Crippen LogP contribution in [0.25, 0.3) is 10.8 Å². The van der Waals surface area contributed by atoms with Gasteiger partial charge in [-0.25, -0.2) is 5.43 Å². The molecule has 142 valence electrons. The zero-order chi connectivity index (χ0) is 19.8. The van der Waals surface area contributed by atoms with Crippen LogP contribution in [0.2, 0.25) is 0 Å². The van der Waals surface area contributed by atoms with Crippen LogP contribution < -0.4 is 15.5 Å². The topological polar surface area (TPSA) is 100 Å². The van der Waals surface area contributed by atoms with E-state index < -0.39 is 11.8 Å². The highest BCUT2D eigenvalue weighted by atomic mass is 16.5. The molecule has 0 saturated carbocycles. The number of carbonyl (C=O) groups excluding carboxylic acids is 2. The summed E-state index contributed by atoms with van der Waals surface area (Å²) < 4.78 is 5.46. The summed E-state index contributed by atoms with van der Waals surface area (Å²) in [6, 6.07) is 19.7. The summed E-state index contributed by atoms with van der Waals surface area (Å²) >= 11 is 0. The average molecular weight is 377 g/mol. The first-order valence-corrected chi connectivity index (χ1v) is 8.59. The number of benzene rings is 3. The molecule has 28 heavy (non-hydrogen) atoms. The number of phenols is 1. The minimum absolute atomic E-state index is 0.148. The molecule has 3 rings (SSSR count). The van der Waals surface area contributed by atoms with Gasteiger partial charge < -0.3 is 15.2 Å². The molecule has 7 nitrogen and oxygen atoms in total. The van der Waals surface area contributed by atoms with Gasteiger partial charge in [0.15, 0.2) is 6.61 Å². The van der Waals surface area contributed by atoms with Crippen LogP contribution in [-0.2, 0) is 9.59 Å². The lowest BCUT2D eigenvalue weighted by Crippen LogP contribution is -2.37. The third-order valence-corrected chi connectivity index (χ3v) is 3.83. The van der Waals surface area contributed by atoms with E-state index in [-0.39, 0.29) is 18.9 Å². The lowest BCUT2D eigenvalue weighted by molar-refractivity contribution is -0.127. The molecule has 0 saturated heterocycles. The molecule has 0 radical (unpaired) electrons. The molecule has 0 spiro atoms. The Morgan fingerprint density at radius 3 is 2.50 bits per heavy atom. The van der Waals surface area contributed by atoms with Crippen LogP contribution in [0, 0.1) is 0 Å². The van der Waals surface area contributed by atoms with Crippen molar-refractivity contribution in [2.45, 2.75) is 0 Å². The predicted molar refractivity (Wildman–Crippen MR) is 106 cm³/mol. The fraction of sp³-hybridized carbons (Fsp3) is 0.0952. The van der Waals surface area contributed by atoms with Crippen LogP contribution in [-0.4, -0.2) is 36.3 Å². The summed E-state index contributed by atoms with van der Waals surface area (Å²) in [6.45, 7) is -0.408. The monoisotopic (exact) mass is 377 g/mol. The molecule has 0 aliphatic rings. The highest BCUT2D eigenvalue weighted by Crippen LogP contribution is 2.20. The van der Waals surface area contributed by atoms with Crippen molar-refractivity contribution in [2.75, 3.05) is 13.2 Å². The average Bonchev–Trinajstić information content (AvgIpc) is 2.72. The Labute approximate surface area is 161 Å². The molecule has 0 bridgehead atoms. The molecular formula is C21H19N3O4. The first kappa shape index (κ1) is 18.9. The van der Waals surface area contributed by atoms with E-state index >= 15 is 0 Å². The maximum atomic E-state index is 11.8. The van der Waals surface area contributed by atoms with E-state index in [2.05, 4.69) is 15.8 Å². The number of amides is 2. The van der Waals surface area contributed by atoms with Gasteiger partial charge in [0.05, 0.1) is 12.8 Å². The van der Waals surface area contributed by atoms with Crippen molar-refractivity contribution in [3.05, 3.63) is 72.3 Å². The first-order valence-electron chi connectivity index (χ1n) is 8.59. The molecule has 0 heterocycles. The summed E-state index contributed by atoms with van der Waals surface area (Å²) in [7, 11) is 0. The fourth-order valence-electron chi connectivity index (χ4n) is 2.41. The van der Waals surface area contributed by atoms with Crippen LogP contribution in [0.4, 0.5) is 0 Å². The number of hydrazone groups is 1. The van der Waals surface area contributed by atoms with E-state index in [4.69, 9.17) is 4.74 Å². The molecule has 0 aliphatic heterocycles. The molecule has 2 amide bonds. The molecular weight excluding hydrogens is 358 g/mol. The van der Waals surface area contributed by atoms with Crippen molar-refractivity contribution in [1.29, 1.82) is 0 Å². The lowest BCUT2D eigenvalue weighted by atomic mass is 10.1. The minimum Gasteiger partial charge on any atom is -0.508 e. The molecule has 7 heteroatoms. The molecule has 3 aromatic carbocycles. The maximum absolute atomic E-state index is 11.8. The van der Waals surface area contributed by atoms with Crippen molar-refractivity contribution >= 4 is 28.8 Å². The van der Waals surface area contributed by atoms with Crippen LogP contribution in [0.15, 0.2) is 71.8 Å². The Morgan fingerprint density at radius 1 is 0.964 bits per heavy atom. The van der Waals surface area contributed by atoms with E-state index in [0.717, 1.165) is 10.8 Å². The van der Waals surface area contributed by atoms with E-state index in [1.165, 1.54) is 18.3 Å². The second-order valence-electron chi connectivity index (χ2n) is 5.96. The summed E-state index contributed by atoms with van der Waals surface area (Å²) in [6.07, 6.45) is 1.43. The van der Waals surface area contributed by atoms with Gasteiger partial charge in [-0.15, -0.1) is 0 Å². The molecule has 0 unspecified atom stereocenters.